The Kier molecular flexibility index (Phi) is 4.76. The molecular weight excluding hydrogens is 362 g/mol. The van der Waals surface area contributed by atoms with Gasteiger partial charge in [0.25, 0.3) is 0 Å². The van der Waals surface area contributed by atoms with E-state index in [1.165, 1.54) is 6.07 Å². The van der Waals surface area contributed by atoms with E-state index in [0.717, 1.165) is 22.8 Å². The van der Waals surface area contributed by atoms with Gasteiger partial charge in [0.15, 0.2) is 11.5 Å². The van der Waals surface area contributed by atoms with Crippen LogP contribution in [0, 0.1) is 0 Å². The smallest absolute Gasteiger partial charge is 0.241 e. The van der Waals surface area contributed by atoms with Crippen molar-refractivity contribution in [1.29, 1.82) is 0 Å². The minimum absolute atomic E-state index is 0.166. The number of benzene rings is 3. The average Bonchev–Trinajstić information content (AvgIpc) is 2.92. The summed E-state index contributed by atoms with van der Waals surface area (Å²) in [4.78, 5) is 0.166. The van der Waals surface area contributed by atoms with Crippen LogP contribution < -0.4 is 14.2 Å². The summed E-state index contributed by atoms with van der Waals surface area (Å²) in [6, 6.07) is 18.2. The van der Waals surface area contributed by atoms with Crippen LogP contribution in [0.15, 0.2) is 65.6 Å². The second-order valence-electron chi connectivity index (χ2n) is 6.57. The fraction of sp³-hybridized carbons (Fsp3) is 0.238. The molecule has 4 rings (SSSR count). The molecule has 0 spiro atoms. The highest BCUT2D eigenvalue weighted by atomic mass is 32.2. The number of nitrogens with one attached hydrogen (secondary N) is 1. The molecule has 1 N–H and O–H groups in total. The van der Waals surface area contributed by atoms with Crippen LogP contribution in [0.1, 0.15) is 24.9 Å². The van der Waals surface area contributed by atoms with Crippen molar-refractivity contribution in [3.05, 3.63) is 66.2 Å². The minimum atomic E-state index is -3.71. The molecule has 1 unspecified atom stereocenters. The van der Waals surface area contributed by atoms with Gasteiger partial charge < -0.3 is 9.47 Å². The Morgan fingerprint density at radius 1 is 0.926 bits per heavy atom. The Morgan fingerprint density at radius 2 is 1.67 bits per heavy atom. The first kappa shape index (κ1) is 17.8. The molecule has 0 aliphatic carbocycles. The summed E-state index contributed by atoms with van der Waals surface area (Å²) < 4.78 is 39.8. The molecule has 3 aromatic carbocycles. The highest BCUT2D eigenvalue weighted by Gasteiger charge is 2.22. The molecule has 1 atom stereocenters. The first-order chi connectivity index (χ1) is 13.0. The first-order valence-electron chi connectivity index (χ1n) is 8.94. The summed E-state index contributed by atoms with van der Waals surface area (Å²) in [5.74, 6) is 1.04. The van der Waals surface area contributed by atoms with Gasteiger partial charge >= 0.3 is 0 Å². The lowest BCUT2D eigenvalue weighted by Crippen LogP contribution is -2.27. The third-order valence-corrected chi connectivity index (χ3v) is 6.19. The SMILES string of the molecule is CC(NS(=O)(=O)c1ccc2c(c1)OCCCO2)c1cccc2ccccc12. The Labute approximate surface area is 159 Å². The first-order valence-corrected chi connectivity index (χ1v) is 10.4. The number of rotatable bonds is 4. The van der Waals surface area contributed by atoms with E-state index in [1.807, 2.05) is 49.4 Å². The molecular formula is C21H21NO4S. The molecule has 1 aliphatic rings. The summed E-state index contributed by atoms with van der Waals surface area (Å²) in [5.41, 5.74) is 0.936. The molecule has 0 radical (unpaired) electrons. The summed E-state index contributed by atoms with van der Waals surface area (Å²) in [6.07, 6.45) is 0.771. The molecule has 0 fully saturated rings. The lowest BCUT2D eigenvalue weighted by atomic mass is 10.0. The molecule has 5 nitrogen and oxygen atoms in total. The normalized spacial score (nSPS) is 15.3. The third kappa shape index (κ3) is 3.63. The Hall–Kier alpha value is -2.57. The van der Waals surface area contributed by atoms with Crippen LogP contribution in [0.5, 0.6) is 11.5 Å². The zero-order valence-electron chi connectivity index (χ0n) is 15.0. The number of fused-ring (bicyclic) bond motifs is 2. The van der Waals surface area contributed by atoms with E-state index >= 15 is 0 Å². The van der Waals surface area contributed by atoms with Gasteiger partial charge in [0.1, 0.15) is 0 Å². The average molecular weight is 383 g/mol. The molecule has 0 bridgehead atoms. The fourth-order valence-corrected chi connectivity index (χ4v) is 4.54. The van der Waals surface area contributed by atoms with Gasteiger partial charge in [-0.15, -0.1) is 0 Å². The van der Waals surface area contributed by atoms with Crippen molar-refractivity contribution in [2.75, 3.05) is 13.2 Å². The van der Waals surface area contributed by atoms with Crippen LogP contribution in [0.2, 0.25) is 0 Å². The lowest BCUT2D eigenvalue weighted by molar-refractivity contribution is 0.297. The van der Waals surface area contributed by atoms with Crippen LogP contribution in [0.4, 0.5) is 0 Å². The largest absolute Gasteiger partial charge is 0.490 e. The number of sulfonamides is 1. The van der Waals surface area contributed by atoms with Gasteiger partial charge in [0, 0.05) is 18.5 Å². The predicted octanol–water partition coefficient (Wildman–Crippen LogP) is 4.04. The van der Waals surface area contributed by atoms with Gasteiger partial charge in [0.05, 0.1) is 18.1 Å². The molecule has 27 heavy (non-hydrogen) atoms. The zero-order chi connectivity index (χ0) is 18.9. The quantitative estimate of drug-likeness (QED) is 0.738. The Bertz CT molecular complexity index is 1070. The maximum absolute atomic E-state index is 12.9. The van der Waals surface area contributed by atoms with E-state index in [4.69, 9.17) is 9.47 Å². The van der Waals surface area contributed by atoms with Gasteiger partial charge in [-0.2, -0.15) is 0 Å². The second kappa shape index (κ2) is 7.21. The van der Waals surface area contributed by atoms with Crippen molar-refractivity contribution in [3.8, 4) is 11.5 Å². The van der Waals surface area contributed by atoms with Crippen molar-refractivity contribution in [2.24, 2.45) is 0 Å². The number of hydrogen-bond donors (Lipinski definition) is 1. The molecule has 0 aromatic heterocycles. The van der Waals surface area contributed by atoms with Crippen molar-refractivity contribution < 1.29 is 17.9 Å². The molecule has 0 saturated heterocycles. The molecule has 0 saturated carbocycles. The van der Waals surface area contributed by atoms with Crippen LogP contribution in [-0.2, 0) is 10.0 Å². The third-order valence-electron chi connectivity index (χ3n) is 4.65. The molecule has 140 valence electrons. The molecule has 1 aliphatic heterocycles. The zero-order valence-corrected chi connectivity index (χ0v) is 15.8. The molecule has 6 heteroatoms. The second-order valence-corrected chi connectivity index (χ2v) is 8.28. The van der Waals surface area contributed by atoms with Crippen LogP contribution >= 0.6 is 0 Å². The summed E-state index contributed by atoms with van der Waals surface area (Å²) in [6.45, 7) is 2.92. The maximum atomic E-state index is 12.9. The van der Waals surface area contributed by atoms with E-state index in [2.05, 4.69) is 4.72 Å². The highest BCUT2D eigenvalue weighted by Crippen LogP contribution is 2.32. The van der Waals surface area contributed by atoms with Crippen molar-refractivity contribution in [3.63, 3.8) is 0 Å². The molecule has 3 aromatic rings. The van der Waals surface area contributed by atoms with Gasteiger partial charge in [-0.25, -0.2) is 13.1 Å². The summed E-state index contributed by atoms with van der Waals surface area (Å²) >= 11 is 0. The van der Waals surface area contributed by atoms with E-state index in [-0.39, 0.29) is 10.9 Å². The van der Waals surface area contributed by atoms with Gasteiger partial charge in [-0.3, -0.25) is 0 Å². The molecule has 1 heterocycles. The van der Waals surface area contributed by atoms with Gasteiger partial charge in [-0.1, -0.05) is 42.5 Å². The van der Waals surface area contributed by atoms with Crippen molar-refractivity contribution in [1.82, 2.24) is 4.72 Å². The number of ether oxygens (including phenoxy) is 2. The van der Waals surface area contributed by atoms with Crippen LogP contribution in [-0.4, -0.2) is 21.6 Å². The number of hydrogen-bond acceptors (Lipinski definition) is 4. The van der Waals surface area contributed by atoms with E-state index in [9.17, 15) is 8.42 Å². The standard InChI is InChI=1S/C21H21NO4S/c1-15(18-9-4-7-16-6-2-3-8-19(16)18)22-27(23,24)17-10-11-20-21(14-17)26-13-5-12-25-20/h2-4,6-11,14-15,22H,5,12-13H2,1H3. The monoisotopic (exact) mass is 383 g/mol. The fourth-order valence-electron chi connectivity index (χ4n) is 3.30. The highest BCUT2D eigenvalue weighted by molar-refractivity contribution is 7.89. The minimum Gasteiger partial charge on any atom is -0.490 e. The topological polar surface area (TPSA) is 64.6 Å². The van der Waals surface area contributed by atoms with Crippen LogP contribution in [0.3, 0.4) is 0 Å². The van der Waals surface area contributed by atoms with Gasteiger partial charge in [0.2, 0.25) is 10.0 Å². The maximum Gasteiger partial charge on any atom is 0.241 e. The van der Waals surface area contributed by atoms with Crippen molar-refractivity contribution >= 4 is 20.8 Å². The Morgan fingerprint density at radius 3 is 2.52 bits per heavy atom. The van der Waals surface area contributed by atoms with E-state index in [1.54, 1.807) is 12.1 Å². The van der Waals surface area contributed by atoms with Crippen molar-refractivity contribution in [2.45, 2.75) is 24.3 Å². The lowest BCUT2D eigenvalue weighted by Gasteiger charge is -2.17. The molecule has 0 amide bonds. The Balaban J connectivity index is 1.64. The van der Waals surface area contributed by atoms with Crippen LogP contribution in [0.25, 0.3) is 10.8 Å². The summed E-state index contributed by atoms with van der Waals surface area (Å²) in [7, 11) is -3.71. The predicted molar refractivity (Wildman–Crippen MR) is 105 cm³/mol. The van der Waals surface area contributed by atoms with Gasteiger partial charge in [-0.05, 0) is 35.4 Å². The van der Waals surface area contributed by atoms with E-state index < -0.39 is 10.0 Å². The van der Waals surface area contributed by atoms with E-state index in [0.29, 0.717) is 24.7 Å². The summed E-state index contributed by atoms with van der Waals surface area (Å²) in [5, 5.41) is 2.12.